The van der Waals surface area contributed by atoms with E-state index in [-0.39, 0.29) is 49.5 Å². The Labute approximate surface area is 360 Å². The molecule has 0 radical (unpaired) electrons. The summed E-state index contributed by atoms with van der Waals surface area (Å²) in [7, 11) is 3.43. The molecule has 4 aromatic rings. The lowest BCUT2D eigenvalue weighted by Crippen LogP contribution is -2.41. The molecule has 3 heterocycles. The molecule has 1 saturated heterocycles. The van der Waals surface area contributed by atoms with Gasteiger partial charge < -0.3 is 38.0 Å². The molecule has 61 heavy (non-hydrogen) atoms. The molecule has 2 N–H and O–H groups in total. The number of ether oxygens (including phenoxy) is 5. The second kappa shape index (κ2) is 20.8. The zero-order valence-corrected chi connectivity index (χ0v) is 37.3. The first-order valence-corrected chi connectivity index (χ1v) is 21.7. The smallest absolute Gasteiger partial charge is 0.259 e. The molecular weight excluding hydrogens is 798 g/mol. The molecule has 1 aromatic heterocycles. The van der Waals surface area contributed by atoms with Gasteiger partial charge in [-0.25, -0.2) is 14.6 Å². The van der Waals surface area contributed by atoms with Crippen LogP contribution in [0.15, 0.2) is 90.2 Å². The number of aliphatic imine (C=N–C) groups is 1. The minimum absolute atomic E-state index is 0.103. The zero-order chi connectivity index (χ0) is 43.7. The van der Waals surface area contributed by atoms with E-state index in [0.717, 1.165) is 28.2 Å². The van der Waals surface area contributed by atoms with E-state index in [4.69, 9.17) is 37.7 Å². The van der Waals surface area contributed by atoms with Crippen molar-refractivity contribution < 1.29 is 37.5 Å². The number of nitrogens with zero attached hydrogens (tertiary/aromatic N) is 5. The van der Waals surface area contributed by atoms with Gasteiger partial charge in [-0.3, -0.25) is 14.7 Å². The molecule has 0 saturated carbocycles. The summed E-state index contributed by atoms with van der Waals surface area (Å²) in [6, 6.07) is 28.3. The van der Waals surface area contributed by atoms with Crippen LogP contribution in [0, 0.1) is 17.2 Å². The Morgan fingerprint density at radius 3 is 2.10 bits per heavy atom. The number of guanidine groups is 1. The first kappa shape index (κ1) is 45.6. The van der Waals surface area contributed by atoms with Crippen LogP contribution in [0.1, 0.15) is 89.2 Å². The first-order valence-electron chi connectivity index (χ1n) is 20.6. The molecule has 2 aliphatic heterocycles. The summed E-state index contributed by atoms with van der Waals surface area (Å²) in [4.78, 5) is 22.2. The van der Waals surface area contributed by atoms with Gasteiger partial charge in [-0.1, -0.05) is 68.4 Å². The van der Waals surface area contributed by atoms with Gasteiger partial charge in [0.05, 0.1) is 52.4 Å². The van der Waals surface area contributed by atoms with Crippen molar-refractivity contribution in [3.8, 4) is 17.6 Å². The number of aromatic nitrogens is 2. The predicted octanol–water partition coefficient (Wildman–Crippen LogP) is 8.06. The van der Waals surface area contributed by atoms with Gasteiger partial charge in [0.2, 0.25) is 11.9 Å². The largest absolute Gasteiger partial charge is 0.497 e. The highest BCUT2D eigenvalue weighted by atomic mass is 31.2. The summed E-state index contributed by atoms with van der Waals surface area (Å²) < 4.78 is 48.7. The summed E-state index contributed by atoms with van der Waals surface area (Å²) in [6.07, 6.45) is -0.344. The normalized spacial score (nSPS) is 19.4. The highest BCUT2D eigenvalue weighted by Crippen LogP contribution is 2.50. The third-order valence-corrected chi connectivity index (χ3v) is 12.6. The molecule has 5 atom stereocenters. The number of imidazole rings is 1. The summed E-state index contributed by atoms with van der Waals surface area (Å²) in [5, 5.41) is 15.3. The lowest BCUT2D eigenvalue weighted by atomic mass is 9.80. The van der Waals surface area contributed by atoms with E-state index >= 15 is 0 Å². The Bertz CT molecular complexity index is 2050. The zero-order valence-electron chi connectivity index (χ0n) is 36.4. The van der Waals surface area contributed by atoms with Crippen LogP contribution in [-0.2, 0) is 33.7 Å². The topological polar surface area (TPSA) is 163 Å². The molecule has 0 aliphatic carbocycles. The molecular formula is C45H58N7O8P. The average molecular weight is 856 g/mol. The van der Waals surface area contributed by atoms with E-state index in [1.54, 1.807) is 41.5 Å². The van der Waals surface area contributed by atoms with Gasteiger partial charge >= 0.3 is 0 Å². The third kappa shape index (κ3) is 10.2. The van der Waals surface area contributed by atoms with Gasteiger partial charge in [0, 0.05) is 31.5 Å². The van der Waals surface area contributed by atoms with E-state index < -0.39 is 38.8 Å². The number of amides is 1. The minimum Gasteiger partial charge on any atom is -0.497 e. The molecule has 3 aromatic carbocycles. The van der Waals surface area contributed by atoms with Crippen molar-refractivity contribution in [2.24, 2.45) is 10.9 Å². The Balaban J connectivity index is 1.41. The van der Waals surface area contributed by atoms with Crippen molar-refractivity contribution in [1.82, 2.24) is 19.5 Å². The van der Waals surface area contributed by atoms with Gasteiger partial charge in [0.15, 0.2) is 6.23 Å². The molecule has 2 aliphatic rings. The number of hydrogen-bond donors (Lipinski definition) is 2. The quantitative estimate of drug-likeness (QED) is 0.0531. The lowest BCUT2D eigenvalue weighted by molar-refractivity contribution is -0.122. The van der Waals surface area contributed by atoms with Crippen LogP contribution in [0.5, 0.6) is 11.5 Å². The van der Waals surface area contributed by atoms with E-state index in [9.17, 15) is 10.1 Å². The van der Waals surface area contributed by atoms with Crippen molar-refractivity contribution in [3.63, 3.8) is 0 Å². The molecule has 1 amide bonds. The van der Waals surface area contributed by atoms with Crippen LogP contribution in [0.3, 0.4) is 0 Å². The third-order valence-electron chi connectivity index (χ3n) is 10.6. The van der Waals surface area contributed by atoms with Crippen LogP contribution in [-0.4, -0.2) is 84.9 Å². The average Bonchev–Trinajstić information content (AvgIpc) is 3.88. The Kier molecular flexibility index (Phi) is 15.5. The van der Waals surface area contributed by atoms with Crippen molar-refractivity contribution in [3.05, 3.63) is 108 Å². The van der Waals surface area contributed by atoms with Gasteiger partial charge in [0.1, 0.15) is 40.9 Å². The number of benzene rings is 3. The van der Waals surface area contributed by atoms with Crippen molar-refractivity contribution >= 4 is 26.2 Å². The van der Waals surface area contributed by atoms with Crippen LogP contribution >= 0.6 is 8.53 Å². The number of methoxy groups -OCH3 is 2. The highest BCUT2D eigenvalue weighted by molar-refractivity contribution is 7.44. The Morgan fingerprint density at radius 2 is 1.56 bits per heavy atom. The number of hydrogen-bond acceptors (Lipinski definition) is 13. The molecule has 2 unspecified atom stereocenters. The molecule has 0 spiro atoms. The standard InChI is InChI=1S/C45H58N7O8P/c1-29(2)42(53)49-44-48-41-40(43(50-44)57-25-13-24-46)47-28-51(41)39-26-37(60-61(56-9)52(30(3)4)31(5)6)38(59-39)27-58-45(32-14-11-10-12-15-32,33-16-20-35(54-7)21-17-33)34-18-22-36(55-8)23-19-34/h10-12,14-23,28-31,37-39,43H,13,25-27H2,1-9H3,(H2,48,49,50,53)/t37-,38+,39+,43?,61?/m0/s1. The van der Waals surface area contributed by atoms with Gasteiger partial charge in [-0.2, -0.15) is 5.26 Å². The number of rotatable bonds is 19. The molecule has 16 heteroatoms. The number of anilines is 1. The van der Waals surface area contributed by atoms with Crippen molar-refractivity contribution in [2.45, 2.75) is 96.7 Å². The molecule has 326 valence electrons. The van der Waals surface area contributed by atoms with Crippen LogP contribution in [0.25, 0.3) is 0 Å². The molecule has 15 nitrogen and oxygen atoms in total. The SMILES string of the molecule is COc1ccc(C(OC[C@H]2O[C@@H](n3cnc4c3NC(NC(=O)C(C)C)=NC4OCCC#N)C[C@@H]2OP(OC)N(C(C)C)C(C)C)(c2ccccc2)c2ccc(OC)cc2)cc1. The summed E-state index contributed by atoms with van der Waals surface area (Å²) >= 11 is 0. The summed E-state index contributed by atoms with van der Waals surface area (Å²) in [5.74, 6) is 1.67. The van der Waals surface area contributed by atoms with Crippen molar-refractivity contribution in [1.29, 1.82) is 5.26 Å². The Morgan fingerprint density at radius 1 is 0.951 bits per heavy atom. The van der Waals surface area contributed by atoms with E-state index in [2.05, 4.69) is 66.2 Å². The van der Waals surface area contributed by atoms with Gasteiger partial charge in [0.25, 0.3) is 8.53 Å². The fourth-order valence-corrected chi connectivity index (χ4v) is 9.17. The number of carbonyl (C=O) groups is 1. The van der Waals surface area contributed by atoms with Crippen molar-refractivity contribution in [2.75, 3.05) is 39.9 Å². The fraction of sp³-hybridized carbons (Fsp3) is 0.467. The maximum Gasteiger partial charge on any atom is 0.259 e. The second-order valence-corrected chi connectivity index (χ2v) is 17.1. The van der Waals surface area contributed by atoms with Crippen LogP contribution < -0.4 is 20.1 Å². The predicted molar refractivity (Wildman–Crippen MR) is 233 cm³/mol. The fourth-order valence-electron chi connectivity index (χ4n) is 7.58. The molecule has 6 rings (SSSR count). The Hall–Kier alpha value is -4.91. The second-order valence-electron chi connectivity index (χ2n) is 15.6. The summed E-state index contributed by atoms with van der Waals surface area (Å²) in [5.41, 5.74) is 2.06. The monoisotopic (exact) mass is 855 g/mol. The maximum atomic E-state index is 12.8. The number of fused-ring (bicyclic) bond motifs is 1. The van der Waals surface area contributed by atoms with Crippen LogP contribution in [0.4, 0.5) is 5.82 Å². The van der Waals surface area contributed by atoms with Gasteiger partial charge in [-0.15, -0.1) is 0 Å². The molecule has 0 bridgehead atoms. The van der Waals surface area contributed by atoms with Crippen LogP contribution in [0.2, 0.25) is 0 Å². The molecule has 1 fully saturated rings. The summed E-state index contributed by atoms with van der Waals surface area (Å²) in [6.45, 7) is 12.3. The minimum atomic E-state index is -1.53. The maximum absolute atomic E-state index is 12.8. The first-order chi connectivity index (χ1) is 29.4. The van der Waals surface area contributed by atoms with E-state index in [1.165, 1.54) is 0 Å². The highest BCUT2D eigenvalue weighted by Gasteiger charge is 2.46. The van der Waals surface area contributed by atoms with E-state index in [0.29, 0.717) is 17.9 Å². The number of nitriles is 1. The lowest BCUT2D eigenvalue weighted by Gasteiger charge is -2.38. The van der Waals surface area contributed by atoms with E-state index in [1.807, 2.05) is 71.3 Å². The number of nitrogens with one attached hydrogen (secondary N) is 2. The number of carbonyl (C=O) groups excluding carboxylic acids is 1. The van der Waals surface area contributed by atoms with Gasteiger partial charge in [-0.05, 0) is 68.7 Å².